The van der Waals surface area contributed by atoms with Crippen molar-refractivity contribution in [2.45, 2.75) is 39.7 Å². The van der Waals surface area contributed by atoms with Crippen molar-refractivity contribution in [2.75, 3.05) is 5.32 Å². The molecule has 7 heteroatoms. The molecule has 0 aliphatic heterocycles. The fourth-order valence-corrected chi connectivity index (χ4v) is 2.30. The van der Waals surface area contributed by atoms with E-state index in [1.165, 1.54) is 6.07 Å². The van der Waals surface area contributed by atoms with Gasteiger partial charge in [0.05, 0.1) is 11.6 Å². The number of carboxylic acid groups (broad SMARTS) is 1. The third-order valence-electron chi connectivity index (χ3n) is 3.52. The monoisotopic (exact) mass is 305 g/mol. The van der Waals surface area contributed by atoms with Crippen molar-refractivity contribution in [1.29, 1.82) is 0 Å². The van der Waals surface area contributed by atoms with Gasteiger partial charge in [0.2, 0.25) is 0 Å². The van der Waals surface area contributed by atoms with Crippen LogP contribution >= 0.6 is 0 Å². The van der Waals surface area contributed by atoms with E-state index in [4.69, 9.17) is 9.52 Å². The van der Waals surface area contributed by atoms with Crippen LogP contribution in [0.25, 0.3) is 0 Å². The Morgan fingerprint density at radius 2 is 2.05 bits per heavy atom. The van der Waals surface area contributed by atoms with Gasteiger partial charge in [0.15, 0.2) is 11.6 Å². The van der Waals surface area contributed by atoms with Crippen LogP contribution < -0.4 is 5.32 Å². The average Bonchev–Trinajstić information content (AvgIpc) is 3.08. The number of amides is 1. The van der Waals surface area contributed by atoms with Gasteiger partial charge in [-0.1, -0.05) is 13.8 Å². The minimum atomic E-state index is -1.14. The van der Waals surface area contributed by atoms with Crippen molar-refractivity contribution in [3.63, 3.8) is 0 Å². The molecular formula is C15H19N3O4. The van der Waals surface area contributed by atoms with Gasteiger partial charge in [-0.05, 0) is 19.8 Å². The average molecular weight is 305 g/mol. The first-order valence-corrected chi connectivity index (χ1v) is 7.15. The molecule has 2 aromatic rings. The van der Waals surface area contributed by atoms with Crippen LogP contribution in [0.5, 0.6) is 0 Å². The number of nitrogens with one attached hydrogen (secondary N) is 1. The number of hydrogen-bond donors (Lipinski definition) is 2. The van der Waals surface area contributed by atoms with Gasteiger partial charge >= 0.3 is 5.97 Å². The summed E-state index contributed by atoms with van der Waals surface area (Å²) in [6.45, 7) is 6.10. The highest BCUT2D eigenvalue weighted by Crippen LogP contribution is 2.20. The van der Waals surface area contributed by atoms with Crippen LogP contribution in [-0.2, 0) is 0 Å². The van der Waals surface area contributed by atoms with Gasteiger partial charge in [-0.25, -0.2) is 4.79 Å². The van der Waals surface area contributed by atoms with Crippen molar-refractivity contribution < 1.29 is 19.1 Å². The zero-order valence-corrected chi connectivity index (χ0v) is 12.8. The molecule has 7 nitrogen and oxygen atoms in total. The zero-order chi connectivity index (χ0) is 16.3. The van der Waals surface area contributed by atoms with Crippen molar-refractivity contribution in [2.24, 2.45) is 0 Å². The third kappa shape index (κ3) is 3.19. The fourth-order valence-electron chi connectivity index (χ4n) is 2.30. The van der Waals surface area contributed by atoms with Gasteiger partial charge in [0.1, 0.15) is 6.26 Å². The first-order valence-electron chi connectivity index (χ1n) is 7.15. The Kier molecular flexibility index (Phi) is 4.65. The highest BCUT2D eigenvalue weighted by molar-refractivity contribution is 6.03. The smallest absolute Gasteiger partial charge is 0.338 e. The van der Waals surface area contributed by atoms with Crippen molar-refractivity contribution in [1.82, 2.24) is 9.78 Å². The molecule has 2 aromatic heterocycles. The third-order valence-corrected chi connectivity index (χ3v) is 3.52. The standard InChI is InChI=1S/C15H19N3O4/c1-4-11(5-2)18-9(3)6-13(17-18)16-14(19)12-7-10(8-22-12)15(20)21/h6-8,11H,4-5H2,1-3H3,(H,20,21)(H,16,17,19). The van der Waals surface area contributed by atoms with E-state index >= 15 is 0 Å². The number of furan rings is 1. The second-order valence-corrected chi connectivity index (χ2v) is 5.04. The summed E-state index contributed by atoms with van der Waals surface area (Å²) in [4.78, 5) is 22.8. The number of rotatable bonds is 6. The lowest BCUT2D eigenvalue weighted by Crippen LogP contribution is -2.13. The summed E-state index contributed by atoms with van der Waals surface area (Å²) in [6.07, 6.45) is 2.93. The summed E-state index contributed by atoms with van der Waals surface area (Å²) in [5, 5.41) is 15.8. The number of anilines is 1. The van der Waals surface area contributed by atoms with Crippen molar-refractivity contribution in [3.05, 3.63) is 35.4 Å². The highest BCUT2D eigenvalue weighted by atomic mass is 16.4. The van der Waals surface area contributed by atoms with E-state index in [-0.39, 0.29) is 17.4 Å². The second-order valence-electron chi connectivity index (χ2n) is 5.04. The molecule has 118 valence electrons. The topological polar surface area (TPSA) is 97.4 Å². The number of carbonyl (C=O) groups is 2. The van der Waals surface area contributed by atoms with Crippen molar-refractivity contribution >= 4 is 17.7 Å². The molecule has 22 heavy (non-hydrogen) atoms. The normalized spacial score (nSPS) is 10.9. The Labute approximate surface area is 127 Å². The van der Waals surface area contributed by atoms with Crippen LogP contribution in [0.15, 0.2) is 22.8 Å². The van der Waals surface area contributed by atoms with Crippen LogP contribution in [0.4, 0.5) is 5.82 Å². The molecule has 0 aliphatic rings. The quantitative estimate of drug-likeness (QED) is 0.854. The molecule has 0 aliphatic carbocycles. The van der Waals surface area contributed by atoms with Gasteiger partial charge in [-0.15, -0.1) is 0 Å². The minimum Gasteiger partial charge on any atom is -0.478 e. The maximum absolute atomic E-state index is 12.0. The number of carbonyl (C=O) groups excluding carboxylic acids is 1. The number of nitrogens with zero attached hydrogens (tertiary/aromatic N) is 2. The molecule has 0 atom stereocenters. The van der Waals surface area contributed by atoms with Gasteiger partial charge in [-0.2, -0.15) is 5.10 Å². The van der Waals surface area contributed by atoms with E-state index in [9.17, 15) is 9.59 Å². The van der Waals surface area contributed by atoms with Crippen LogP contribution in [-0.4, -0.2) is 26.8 Å². The maximum Gasteiger partial charge on any atom is 0.338 e. The highest BCUT2D eigenvalue weighted by Gasteiger charge is 2.17. The summed E-state index contributed by atoms with van der Waals surface area (Å²) in [7, 11) is 0. The van der Waals surface area contributed by atoms with Gasteiger partial charge in [0.25, 0.3) is 5.91 Å². The molecule has 0 spiro atoms. The maximum atomic E-state index is 12.0. The molecule has 0 aromatic carbocycles. The fraction of sp³-hybridized carbons (Fsp3) is 0.400. The molecule has 2 heterocycles. The summed E-state index contributed by atoms with van der Waals surface area (Å²) < 4.78 is 6.85. The Hall–Kier alpha value is -2.57. The molecule has 0 unspecified atom stereocenters. The Bertz CT molecular complexity index is 683. The molecule has 0 saturated carbocycles. The van der Waals surface area contributed by atoms with E-state index in [1.807, 2.05) is 11.6 Å². The minimum absolute atomic E-state index is 0.0628. The lowest BCUT2D eigenvalue weighted by molar-refractivity contribution is 0.0696. The van der Waals surface area contributed by atoms with E-state index in [0.717, 1.165) is 24.8 Å². The number of aromatic nitrogens is 2. The molecular weight excluding hydrogens is 286 g/mol. The predicted molar refractivity (Wildman–Crippen MR) is 80.2 cm³/mol. The molecule has 1 amide bonds. The lowest BCUT2D eigenvalue weighted by Gasteiger charge is -2.14. The molecule has 2 N–H and O–H groups in total. The van der Waals surface area contributed by atoms with E-state index < -0.39 is 11.9 Å². The molecule has 0 bridgehead atoms. The predicted octanol–water partition coefficient (Wildman–Crippen LogP) is 3.10. The van der Waals surface area contributed by atoms with E-state index in [2.05, 4.69) is 24.3 Å². The first-order chi connectivity index (χ1) is 10.5. The summed E-state index contributed by atoms with van der Waals surface area (Å²) in [5.74, 6) is -1.31. The number of aryl methyl sites for hydroxylation is 1. The second kappa shape index (κ2) is 6.46. The number of carboxylic acids is 1. The molecule has 0 saturated heterocycles. The zero-order valence-electron chi connectivity index (χ0n) is 12.8. The van der Waals surface area contributed by atoms with Crippen LogP contribution in [0, 0.1) is 6.92 Å². The molecule has 2 rings (SSSR count). The Morgan fingerprint density at radius 1 is 1.36 bits per heavy atom. The Balaban J connectivity index is 2.14. The lowest BCUT2D eigenvalue weighted by atomic mass is 10.2. The van der Waals surface area contributed by atoms with Crippen LogP contribution in [0.2, 0.25) is 0 Å². The van der Waals surface area contributed by atoms with Crippen molar-refractivity contribution in [3.8, 4) is 0 Å². The summed E-state index contributed by atoms with van der Waals surface area (Å²) >= 11 is 0. The summed E-state index contributed by atoms with van der Waals surface area (Å²) in [6, 6.07) is 3.24. The number of aromatic carboxylic acids is 1. The molecule has 0 radical (unpaired) electrons. The first kappa shape index (κ1) is 15.8. The number of hydrogen-bond acceptors (Lipinski definition) is 4. The van der Waals surface area contributed by atoms with Gasteiger partial charge in [0, 0.05) is 17.8 Å². The van der Waals surface area contributed by atoms with E-state index in [1.54, 1.807) is 6.07 Å². The molecule has 0 fully saturated rings. The van der Waals surface area contributed by atoms with Crippen LogP contribution in [0.1, 0.15) is 59.3 Å². The Morgan fingerprint density at radius 3 is 2.59 bits per heavy atom. The van der Waals surface area contributed by atoms with E-state index in [0.29, 0.717) is 5.82 Å². The van der Waals surface area contributed by atoms with Crippen LogP contribution in [0.3, 0.4) is 0 Å². The van der Waals surface area contributed by atoms with Gasteiger partial charge < -0.3 is 14.8 Å². The SMILES string of the molecule is CCC(CC)n1nc(NC(=O)c2cc(C(=O)O)co2)cc1C. The van der Waals surface area contributed by atoms with Gasteiger partial charge in [-0.3, -0.25) is 9.48 Å². The largest absolute Gasteiger partial charge is 0.478 e. The summed E-state index contributed by atoms with van der Waals surface area (Å²) in [5.41, 5.74) is 0.888.